The summed E-state index contributed by atoms with van der Waals surface area (Å²) in [6.07, 6.45) is 3.22. The fraction of sp³-hybridized carbons (Fsp3) is 0.250. The fourth-order valence-electron chi connectivity index (χ4n) is 2.29. The molecule has 2 N–H and O–H groups in total. The molecule has 0 unspecified atom stereocenters. The van der Waals surface area contributed by atoms with Crippen molar-refractivity contribution >= 4 is 17.4 Å². The standard InChI is InChI=1S/C12H12ClN3/c13-9-5-1-2-6-11(9)16-10-7-3-4-8(10)12(14)15-16/h1-2,5-6H,3-4,7H2,(H2,14,15). The predicted octanol–water partition coefficient (Wildman–Crippen LogP) is 2.60. The minimum absolute atomic E-state index is 0.646. The van der Waals surface area contributed by atoms with Crippen LogP contribution < -0.4 is 5.73 Å². The molecule has 16 heavy (non-hydrogen) atoms. The summed E-state index contributed by atoms with van der Waals surface area (Å²) in [5, 5.41) is 5.08. The van der Waals surface area contributed by atoms with Crippen molar-refractivity contribution < 1.29 is 0 Å². The maximum atomic E-state index is 6.17. The van der Waals surface area contributed by atoms with Crippen molar-refractivity contribution in [2.45, 2.75) is 19.3 Å². The second-order valence-electron chi connectivity index (χ2n) is 4.03. The first kappa shape index (κ1) is 9.73. The van der Waals surface area contributed by atoms with Gasteiger partial charge in [-0.1, -0.05) is 23.7 Å². The number of hydrogen-bond acceptors (Lipinski definition) is 2. The molecule has 0 bridgehead atoms. The van der Waals surface area contributed by atoms with E-state index in [9.17, 15) is 0 Å². The van der Waals surface area contributed by atoms with E-state index in [4.69, 9.17) is 17.3 Å². The zero-order chi connectivity index (χ0) is 11.1. The fourth-order valence-corrected chi connectivity index (χ4v) is 2.50. The number of nitrogens with zero attached hydrogens (tertiary/aromatic N) is 2. The van der Waals surface area contributed by atoms with Gasteiger partial charge in [0.2, 0.25) is 0 Å². The summed E-state index contributed by atoms with van der Waals surface area (Å²) >= 11 is 6.17. The van der Waals surface area contributed by atoms with Crippen molar-refractivity contribution in [2.24, 2.45) is 0 Å². The molecule has 0 amide bonds. The number of anilines is 1. The van der Waals surface area contributed by atoms with Crippen molar-refractivity contribution in [3.05, 3.63) is 40.5 Å². The molecule has 0 atom stereocenters. The maximum Gasteiger partial charge on any atom is 0.149 e. The first-order valence-corrected chi connectivity index (χ1v) is 5.76. The van der Waals surface area contributed by atoms with Crippen molar-refractivity contribution in [2.75, 3.05) is 5.73 Å². The molecule has 0 saturated carbocycles. The Morgan fingerprint density at radius 3 is 2.88 bits per heavy atom. The van der Waals surface area contributed by atoms with Crippen molar-refractivity contribution in [3.63, 3.8) is 0 Å². The van der Waals surface area contributed by atoms with E-state index in [-0.39, 0.29) is 0 Å². The van der Waals surface area contributed by atoms with Crippen LogP contribution in [0.3, 0.4) is 0 Å². The van der Waals surface area contributed by atoms with Crippen molar-refractivity contribution in [1.29, 1.82) is 0 Å². The van der Waals surface area contributed by atoms with E-state index in [0.29, 0.717) is 10.8 Å². The lowest BCUT2D eigenvalue weighted by Crippen LogP contribution is -2.02. The number of rotatable bonds is 1. The Labute approximate surface area is 98.8 Å². The number of nitrogen functional groups attached to an aromatic ring is 1. The molecule has 0 aliphatic heterocycles. The maximum absolute atomic E-state index is 6.17. The molecule has 4 heteroatoms. The van der Waals surface area contributed by atoms with E-state index >= 15 is 0 Å². The molecule has 82 valence electrons. The molecular formula is C12H12ClN3. The largest absolute Gasteiger partial charge is 0.382 e. The zero-order valence-electron chi connectivity index (χ0n) is 8.78. The van der Waals surface area contributed by atoms with Crippen LogP contribution in [0.1, 0.15) is 17.7 Å². The monoisotopic (exact) mass is 233 g/mol. The summed E-state index contributed by atoms with van der Waals surface area (Å²) in [5.74, 6) is 0.646. The number of hydrogen-bond donors (Lipinski definition) is 1. The molecule has 1 aliphatic carbocycles. The average Bonchev–Trinajstić information content (AvgIpc) is 2.84. The Morgan fingerprint density at radius 2 is 2.06 bits per heavy atom. The van der Waals surface area contributed by atoms with Gasteiger partial charge in [0.25, 0.3) is 0 Å². The van der Waals surface area contributed by atoms with Crippen LogP contribution in [0.4, 0.5) is 5.82 Å². The van der Waals surface area contributed by atoms with E-state index in [1.165, 1.54) is 11.3 Å². The minimum Gasteiger partial charge on any atom is -0.382 e. The van der Waals surface area contributed by atoms with Crippen LogP contribution in [0.5, 0.6) is 0 Å². The van der Waals surface area contributed by atoms with Crippen LogP contribution in [0.2, 0.25) is 5.02 Å². The SMILES string of the molecule is Nc1nn(-c2ccccc2Cl)c2c1CCC2. The molecule has 0 radical (unpaired) electrons. The van der Waals surface area contributed by atoms with Gasteiger partial charge in [-0.05, 0) is 31.4 Å². The summed E-state index contributed by atoms with van der Waals surface area (Å²) in [6, 6.07) is 7.71. The van der Waals surface area contributed by atoms with Gasteiger partial charge in [0.05, 0.1) is 10.7 Å². The number of para-hydroxylation sites is 1. The van der Waals surface area contributed by atoms with E-state index in [1.54, 1.807) is 0 Å². The molecule has 2 aromatic rings. The van der Waals surface area contributed by atoms with Crippen molar-refractivity contribution in [3.8, 4) is 5.69 Å². The molecule has 0 spiro atoms. The highest BCUT2D eigenvalue weighted by Gasteiger charge is 2.22. The van der Waals surface area contributed by atoms with E-state index < -0.39 is 0 Å². The number of nitrogens with two attached hydrogens (primary N) is 1. The quantitative estimate of drug-likeness (QED) is 0.823. The molecule has 1 aliphatic rings. The molecule has 3 nitrogen and oxygen atoms in total. The van der Waals surface area contributed by atoms with Crippen molar-refractivity contribution in [1.82, 2.24) is 9.78 Å². The highest BCUT2D eigenvalue weighted by atomic mass is 35.5. The van der Waals surface area contributed by atoms with Gasteiger partial charge in [-0.3, -0.25) is 0 Å². The number of benzene rings is 1. The molecule has 1 aromatic carbocycles. The van der Waals surface area contributed by atoms with E-state index in [1.807, 2.05) is 28.9 Å². The average molecular weight is 234 g/mol. The van der Waals surface area contributed by atoms with Crippen LogP contribution in [0.15, 0.2) is 24.3 Å². The molecule has 0 fully saturated rings. The summed E-state index contributed by atoms with van der Waals surface area (Å²) in [7, 11) is 0. The molecular weight excluding hydrogens is 222 g/mol. The number of halogens is 1. The molecule has 1 heterocycles. The van der Waals surface area contributed by atoms with Crippen LogP contribution in [0.25, 0.3) is 5.69 Å². The lowest BCUT2D eigenvalue weighted by molar-refractivity contribution is 0.788. The van der Waals surface area contributed by atoms with Crippen LogP contribution in [0, 0.1) is 0 Å². The van der Waals surface area contributed by atoms with Gasteiger partial charge in [0, 0.05) is 11.3 Å². The second kappa shape index (κ2) is 3.52. The third kappa shape index (κ3) is 1.32. The first-order valence-electron chi connectivity index (χ1n) is 5.38. The van der Waals surface area contributed by atoms with Gasteiger partial charge in [-0.15, -0.1) is 0 Å². The highest BCUT2D eigenvalue weighted by molar-refractivity contribution is 6.32. The minimum atomic E-state index is 0.646. The molecule has 1 aromatic heterocycles. The van der Waals surface area contributed by atoms with Gasteiger partial charge in [-0.2, -0.15) is 5.10 Å². The zero-order valence-corrected chi connectivity index (χ0v) is 9.54. The Bertz CT molecular complexity index is 545. The second-order valence-corrected chi connectivity index (χ2v) is 4.43. The van der Waals surface area contributed by atoms with Crippen LogP contribution in [-0.4, -0.2) is 9.78 Å². The van der Waals surface area contributed by atoms with Gasteiger partial charge >= 0.3 is 0 Å². The Hall–Kier alpha value is -1.48. The lowest BCUT2D eigenvalue weighted by Gasteiger charge is -2.06. The third-order valence-electron chi connectivity index (χ3n) is 3.04. The summed E-state index contributed by atoms with van der Waals surface area (Å²) in [4.78, 5) is 0. The summed E-state index contributed by atoms with van der Waals surface area (Å²) < 4.78 is 1.89. The topological polar surface area (TPSA) is 43.8 Å². The predicted molar refractivity (Wildman–Crippen MR) is 65.0 cm³/mol. The molecule has 0 saturated heterocycles. The van der Waals surface area contributed by atoms with E-state index in [2.05, 4.69) is 5.10 Å². The van der Waals surface area contributed by atoms with Gasteiger partial charge in [-0.25, -0.2) is 4.68 Å². The van der Waals surface area contributed by atoms with Gasteiger partial charge in [0.15, 0.2) is 0 Å². The van der Waals surface area contributed by atoms with Crippen LogP contribution >= 0.6 is 11.6 Å². The van der Waals surface area contributed by atoms with Crippen LogP contribution in [-0.2, 0) is 12.8 Å². The molecule has 3 rings (SSSR count). The first-order chi connectivity index (χ1) is 7.77. The Balaban J connectivity index is 2.21. The smallest absolute Gasteiger partial charge is 0.149 e. The number of fused-ring (bicyclic) bond motifs is 1. The summed E-state index contributed by atoms with van der Waals surface area (Å²) in [6.45, 7) is 0. The van der Waals surface area contributed by atoms with Gasteiger partial charge < -0.3 is 5.73 Å². The lowest BCUT2D eigenvalue weighted by atomic mass is 10.2. The van der Waals surface area contributed by atoms with E-state index in [0.717, 1.165) is 24.9 Å². The number of aromatic nitrogens is 2. The Kier molecular flexibility index (Phi) is 2.14. The third-order valence-corrected chi connectivity index (χ3v) is 3.36. The van der Waals surface area contributed by atoms with Gasteiger partial charge in [0.1, 0.15) is 5.82 Å². The Morgan fingerprint density at radius 1 is 1.25 bits per heavy atom. The summed E-state index contributed by atoms with van der Waals surface area (Å²) in [5.41, 5.74) is 9.23. The normalized spacial score (nSPS) is 14.1. The highest BCUT2D eigenvalue weighted by Crippen LogP contribution is 2.31.